The summed E-state index contributed by atoms with van der Waals surface area (Å²) in [4.78, 5) is 5.32. The summed E-state index contributed by atoms with van der Waals surface area (Å²) in [5.41, 5.74) is 3.49. The second-order valence-electron chi connectivity index (χ2n) is 5.90. The van der Waals surface area contributed by atoms with Crippen molar-refractivity contribution in [2.45, 2.75) is 39.7 Å². The van der Waals surface area contributed by atoms with Crippen LogP contribution in [0.4, 0.5) is 0 Å². The van der Waals surface area contributed by atoms with Gasteiger partial charge < -0.3 is 14.3 Å². The van der Waals surface area contributed by atoms with Crippen LogP contribution in [0.25, 0.3) is 0 Å². The number of hydrogen-bond donors (Lipinski definition) is 0. The van der Waals surface area contributed by atoms with E-state index in [0.29, 0.717) is 11.6 Å². The topological polar surface area (TPSA) is 65.8 Å². The van der Waals surface area contributed by atoms with Gasteiger partial charge in [-0.05, 0) is 51.3 Å². The van der Waals surface area contributed by atoms with Gasteiger partial charge in [0.25, 0.3) is 0 Å². The first kappa shape index (κ1) is 18.7. The molecular weight excluding hydrogens is 318 g/mol. The van der Waals surface area contributed by atoms with Crippen molar-refractivity contribution >= 4 is 5.71 Å². The minimum Gasteiger partial charge on any atom is -0.496 e. The SMILES string of the molecule is COc1ccccc1CCc1cc(C(C)=NOC(C)C)c(OC)nn1. The standard InChI is InChI=1S/C19H25N3O3/c1-13(2)25-22-14(3)17-12-16(20-21-19(17)24-5)11-10-15-8-6-7-9-18(15)23-4/h6-9,12-13H,10-11H2,1-5H3. The molecule has 0 amide bonds. The summed E-state index contributed by atoms with van der Waals surface area (Å²) in [5, 5.41) is 12.5. The summed E-state index contributed by atoms with van der Waals surface area (Å²) < 4.78 is 10.7. The molecule has 2 aromatic rings. The molecule has 0 aliphatic carbocycles. The van der Waals surface area contributed by atoms with E-state index < -0.39 is 0 Å². The molecule has 0 saturated carbocycles. The van der Waals surface area contributed by atoms with Crippen LogP contribution in [0.5, 0.6) is 11.6 Å². The molecule has 1 aromatic heterocycles. The van der Waals surface area contributed by atoms with E-state index in [-0.39, 0.29) is 6.10 Å². The van der Waals surface area contributed by atoms with Crippen molar-refractivity contribution in [1.29, 1.82) is 0 Å². The van der Waals surface area contributed by atoms with E-state index in [0.717, 1.165) is 35.4 Å². The molecule has 0 radical (unpaired) electrons. The number of hydrogen-bond acceptors (Lipinski definition) is 6. The predicted molar refractivity (Wildman–Crippen MR) is 97.4 cm³/mol. The lowest BCUT2D eigenvalue weighted by molar-refractivity contribution is 0.0859. The van der Waals surface area contributed by atoms with Crippen molar-refractivity contribution in [3.63, 3.8) is 0 Å². The van der Waals surface area contributed by atoms with E-state index in [2.05, 4.69) is 21.4 Å². The lowest BCUT2D eigenvalue weighted by Crippen LogP contribution is -2.08. The molecular formula is C19H25N3O3. The maximum Gasteiger partial charge on any atom is 0.242 e. The van der Waals surface area contributed by atoms with E-state index in [4.69, 9.17) is 14.3 Å². The monoisotopic (exact) mass is 343 g/mol. The number of oxime groups is 1. The first-order chi connectivity index (χ1) is 12.0. The van der Waals surface area contributed by atoms with Crippen molar-refractivity contribution < 1.29 is 14.3 Å². The van der Waals surface area contributed by atoms with Gasteiger partial charge in [-0.25, -0.2) is 0 Å². The van der Waals surface area contributed by atoms with Gasteiger partial charge in [0.2, 0.25) is 5.88 Å². The lowest BCUT2D eigenvalue weighted by atomic mass is 10.1. The normalized spacial score (nSPS) is 11.5. The maximum atomic E-state index is 5.39. The third-order valence-corrected chi connectivity index (χ3v) is 3.64. The third kappa shape index (κ3) is 5.17. The van der Waals surface area contributed by atoms with E-state index in [1.807, 2.05) is 45.0 Å². The second kappa shape index (κ2) is 9.01. The smallest absolute Gasteiger partial charge is 0.242 e. The lowest BCUT2D eigenvalue weighted by Gasteiger charge is -2.10. The minimum atomic E-state index is 0.0146. The van der Waals surface area contributed by atoms with Crippen molar-refractivity contribution in [2.75, 3.05) is 14.2 Å². The van der Waals surface area contributed by atoms with Gasteiger partial charge in [0.15, 0.2) is 0 Å². The highest BCUT2D eigenvalue weighted by Crippen LogP contribution is 2.21. The molecule has 1 heterocycles. The van der Waals surface area contributed by atoms with E-state index in [9.17, 15) is 0 Å². The Bertz CT molecular complexity index is 730. The van der Waals surface area contributed by atoms with Crippen molar-refractivity contribution in [3.05, 3.63) is 47.2 Å². The first-order valence-corrected chi connectivity index (χ1v) is 8.28. The highest BCUT2D eigenvalue weighted by atomic mass is 16.6. The molecule has 0 fully saturated rings. The highest BCUT2D eigenvalue weighted by molar-refractivity contribution is 6.00. The zero-order chi connectivity index (χ0) is 18.2. The molecule has 1 aromatic carbocycles. The predicted octanol–water partition coefficient (Wildman–Crippen LogP) is 3.43. The van der Waals surface area contributed by atoms with Crippen LogP contribution in [0.15, 0.2) is 35.5 Å². The van der Waals surface area contributed by atoms with Gasteiger partial charge in [0.05, 0.1) is 31.2 Å². The summed E-state index contributed by atoms with van der Waals surface area (Å²) in [7, 11) is 3.25. The van der Waals surface area contributed by atoms with Crippen LogP contribution in [-0.4, -0.2) is 36.2 Å². The van der Waals surface area contributed by atoms with Gasteiger partial charge >= 0.3 is 0 Å². The summed E-state index contributed by atoms with van der Waals surface area (Å²) in [6.45, 7) is 5.72. The van der Waals surface area contributed by atoms with Crippen LogP contribution < -0.4 is 9.47 Å². The molecule has 0 saturated heterocycles. The Kier molecular flexibility index (Phi) is 6.74. The molecule has 0 aliphatic rings. The second-order valence-corrected chi connectivity index (χ2v) is 5.90. The van der Waals surface area contributed by atoms with Crippen LogP contribution >= 0.6 is 0 Å². The zero-order valence-electron chi connectivity index (χ0n) is 15.4. The van der Waals surface area contributed by atoms with Gasteiger partial charge in [-0.3, -0.25) is 0 Å². The molecule has 25 heavy (non-hydrogen) atoms. The van der Waals surface area contributed by atoms with E-state index >= 15 is 0 Å². The minimum absolute atomic E-state index is 0.0146. The van der Waals surface area contributed by atoms with Crippen LogP contribution in [0.1, 0.15) is 37.6 Å². The largest absolute Gasteiger partial charge is 0.496 e. The molecule has 0 bridgehead atoms. The van der Waals surface area contributed by atoms with Gasteiger partial charge in [0, 0.05) is 0 Å². The number of rotatable bonds is 8. The number of ether oxygens (including phenoxy) is 2. The number of para-hydroxylation sites is 1. The van der Waals surface area contributed by atoms with Crippen LogP contribution in [0, 0.1) is 0 Å². The average Bonchev–Trinajstić information content (AvgIpc) is 2.64. The van der Waals surface area contributed by atoms with E-state index in [1.165, 1.54) is 0 Å². The van der Waals surface area contributed by atoms with E-state index in [1.54, 1.807) is 14.2 Å². The number of aromatic nitrogens is 2. The van der Waals surface area contributed by atoms with Crippen LogP contribution in [0.3, 0.4) is 0 Å². The molecule has 0 unspecified atom stereocenters. The van der Waals surface area contributed by atoms with Crippen LogP contribution in [0.2, 0.25) is 0 Å². The maximum absolute atomic E-state index is 5.39. The number of aryl methyl sites for hydroxylation is 2. The molecule has 0 spiro atoms. The molecule has 134 valence electrons. The Morgan fingerprint density at radius 3 is 2.52 bits per heavy atom. The fraction of sp³-hybridized carbons (Fsp3) is 0.421. The summed E-state index contributed by atoms with van der Waals surface area (Å²) in [6, 6.07) is 9.93. The zero-order valence-corrected chi connectivity index (χ0v) is 15.4. The summed E-state index contributed by atoms with van der Waals surface area (Å²) in [6.07, 6.45) is 1.56. The van der Waals surface area contributed by atoms with Crippen molar-refractivity contribution in [3.8, 4) is 11.6 Å². The highest BCUT2D eigenvalue weighted by Gasteiger charge is 2.12. The number of benzene rings is 1. The Morgan fingerprint density at radius 1 is 1.08 bits per heavy atom. The van der Waals surface area contributed by atoms with Crippen molar-refractivity contribution in [2.24, 2.45) is 5.16 Å². The van der Waals surface area contributed by atoms with Gasteiger partial charge in [-0.15, -0.1) is 5.10 Å². The molecule has 0 aliphatic heterocycles. The Hall–Kier alpha value is -2.63. The van der Waals surface area contributed by atoms with Gasteiger partial charge in [-0.1, -0.05) is 23.4 Å². The fourth-order valence-corrected chi connectivity index (χ4v) is 2.36. The third-order valence-electron chi connectivity index (χ3n) is 3.64. The molecule has 0 N–H and O–H groups in total. The fourth-order valence-electron chi connectivity index (χ4n) is 2.36. The van der Waals surface area contributed by atoms with Crippen LogP contribution in [-0.2, 0) is 17.7 Å². The Labute approximate surface area is 148 Å². The van der Waals surface area contributed by atoms with Gasteiger partial charge in [-0.2, -0.15) is 5.10 Å². The molecule has 6 heteroatoms. The Balaban J connectivity index is 2.19. The number of nitrogens with zero attached hydrogens (tertiary/aromatic N) is 3. The summed E-state index contributed by atoms with van der Waals surface area (Å²) in [5.74, 6) is 1.32. The molecule has 2 rings (SSSR count). The quantitative estimate of drug-likeness (QED) is 0.543. The molecule has 6 nitrogen and oxygen atoms in total. The number of methoxy groups -OCH3 is 2. The van der Waals surface area contributed by atoms with Gasteiger partial charge in [0.1, 0.15) is 11.9 Å². The molecule has 0 atom stereocenters. The summed E-state index contributed by atoms with van der Waals surface area (Å²) >= 11 is 0. The Morgan fingerprint density at radius 2 is 1.84 bits per heavy atom. The first-order valence-electron chi connectivity index (χ1n) is 8.28. The average molecular weight is 343 g/mol. The van der Waals surface area contributed by atoms with Crippen molar-refractivity contribution in [1.82, 2.24) is 10.2 Å².